The van der Waals surface area contributed by atoms with Crippen molar-refractivity contribution in [1.29, 1.82) is 0 Å². The number of carbonyl (C=O) groups is 2. The standard InChI is InChI=1S/C18H28N4O3/c1-14(25-2)17(24)21-9-6-18(7-10-21)5-3-16(23)22(12-18)8-4-15-11-19-13-20-15/h11,13-14H,3-10,12H2,1-2H3,(H,19,20)/t14-/m0/s1. The molecule has 0 radical (unpaired) electrons. The number of imidazole rings is 1. The molecule has 0 bridgehead atoms. The molecule has 0 aromatic carbocycles. The molecule has 3 heterocycles. The Morgan fingerprint density at radius 2 is 2.16 bits per heavy atom. The molecule has 2 saturated heterocycles. The highest BCUT2D eigenvalue weighted by atomic mass is 16.5. The van der Waals surface area contributed by atoms with E-state index < -0.39 is 0 Å². The van der Waals surface area contributed by atoms with Gasteiger partial charge in [-0.3, -0.25) is 9.59 Å². The first-order chi connectivity index (χ1) is 12.0. The second-order valence-corrected chi connectivity index (χ2v) is 7.35. The minimum atomic E-state index is -0.382. The number of aromatic nitrogens is 2. The molecule has 138 valence electrons. The molecule has 2 amide bonds. The van der Waals surface area contributed by atoms with Gasteiger partial charge < -0.3 is 19.5 Å². The van der Waals surface area contributed by atoms with Crippen molar-refractivity contribution in [3.05, 3.63) is 18.2 Å². The van der Waals surface area contributed by atoms with Crippen LogP contribution in [0.25, 0.3) is 0 Å². The van der Waals surface area contributed by atoms with Crippen molar-refractivity contribution in [3.63, 3.8) is 0 Å². The fourth-order valence-corrected chi connectivity index (χ4v) is 3.95. The second-order valence-electron chi connectivity index (χ2n) is 7.35. The van der Waals surface area contributed by atoms with Crippen LogP contribution in [0.4, 0.5) is 0 Å². The van der Waals surface area contributed by atoms with E-state index in [9.17, 15) is 9.59 Å². The molecule has 1 spiro atoms. The zero-order chi connectivity index (χ0) is 17.9. The van der Waals surface area contributed by atoms with Crippen LogP contribution in [0.1, 0.15) is 38.3 Å². The summed E-state index contributed by atoms with van der Waals surface area (Å²) < 4.78 is 5.15. The topological polar surface area (TPSA) is 78.5 Å². The highest BCUT2D eigenvalue weighted by Gasteiger charge is 2.41. The maximum Gasteiger partial charge on any atom is 0.251 e. The van der Waals surface area contributed by atoms with Crippen molar-refractivity contribution in [2.75, 3.05) is 33.3 Å². The van der Waals surface area contributed by atoms with E-state index >= 15 is 0 Å². The molecule has 25 heavy (non-hydrogen) atoms. The minimum Gasteiger partial charge on any atom is -0.372 e. The smallest absolute Gasteiger partial charge is 0.251 e. The van der Waals surface area contributed by atoms with E-state index in [1.54, 1.807) is 20.4 Å². The molecular formula is C18H28N4O3. The van der Waals surface area contributed by atoms with Crippen LogP contribution in [0.5, 0.6) is 0 Å². The monoisotopic (exact) mass is 348 g/mol. The van der Waals surface area contributed by atoms with Gasteiger partial charge in [0.25, 0.3) is 5.91 Å². The Bertz CT molecular complexity index is 593. The van der Waals surface area contributed by atoms with E-state index in [0.29, 0.717) is 6.42 Å². The van der Waals surface area contributed by atoms with Crippen LogP contribution in [0.2, 0.25) is 0 Å². The summed E-state index contributed by atoms with van der Waals surface area (Å²) in [5.41, 5.74) is 1.22. The average Bonchev–Trinajstić information content (AvgIpc) is 3.15. The van der Waals surface area contributed by atoms with Crippen LogP contribution < -0.4 is 0 Å². The first-order valence-electron chi connectivity index (χ1n) is 9.10. The molecule has 0 saturated carbocycles. The zero-order valence-corrected chi connectivity index (χ0v) is 15.2. The lowest BCUT2D eigenvalue weighted by Crippen LogP contribution is -2.53. The zero-order valence-electron chi connectivity index (χ0n) is 15.2. The number of nitrogens with one attached hydrogen (secondary N) is 1. The van der Waals surface area contributed by atoms with Gasteiger partial charge in [0, 0.05) is 58.0 Å². The van der Waals surface area contributed by atoms with Crippen LogP contribution in [0, 0.1) is 5.41 Å². The summed E-state index contributed by atoms with van der Waals surface area (Å²) >= 11 is 0. The lowest BCUT2D eigenvalue weighted by Gasteiger charge is -2.47. The normalized spacial score (nSPS) is 21.6. The predicted octanol–water partition coefficient (Wildman–Crippen LogP) is 1.22. The van der Waals surface area contributed by atoms with Crippen molar-refractivity contribution in [1.82, 2.24) is 19.8 Å². The number of hydrogen-bond acceptors (Lipinski definition) is 4. The van der Waals surface area contributed by atoms with E-state index in [1.807, 2.05) is 16.0 Å². The molecule has 1 aromatic rings. The molecule has 0 aliphatic carbocycles. The van der Waals surface area contributed by atoms with E-state index in [1.165, 1.54) is 0 Å². The largest absolute Gasteiger partial charge is 0.372 e. The summed E-state index contributed by atoms with van der Waals surface area (Å²) in [4.78, 5) is 35.6. The molecule has 1 atom stereocenters. The number of carbonyl (C=O) groups excluding carboxylic acids is 2. The number of nitrogens with zero attached hydrogens (tertiary/aromatic N) is 3. The van der Waals surface area contributed by atoms with Crippen molar-refractivity contribution in [3.8, 4) is 0 Å². The van der Waals surface area contributed by atoms with Gasteiger partial charge in [-0.1, -0.05) is 0 Å². The van der Waals surface area contributed by atoms with Gasteiger partial charge in [0.15, 0.2) is 0 Å². The summed E-state index contributed by atoms with van der Waals surface area (Å²) in [6.07, 6.45) is 7.38. The van der Waals surface area contributed by atoms with Crippen LogP contribution in [0.3, 0.4) is 0 Å². The molecule has 0 unspecified atom stereocenters. The van der Waals surface area contributed by atoms with E-state index in [0.717, 1.165) is 57.6 Å². The molecule has 2 aliphatic rings. The van der Waals surface area contributed by atoms with Crippen LogP contribution in [-0.4, -0.2) is 71.0 Å². The Labute approximate surface area is 148 Å². The third-order valence-electron chi connectivity index (χ3n) is 5.79. The highest BCUT2D eigenvalue weighted by Crippen LogP contribution is 2.40. The van der Waals surface area contributed by atoms with E-state index in [-0.39, 0.29) is 23.3 Å². The SMILES string of the molecule is CO[C@@H](C)C(=O)N1CCC2(CCC(=O)N(CCc3cnc[nH]3)C2)CC1. The number of likely N-dealkylation sites (tertiary alicyclic amines) is 2. The van der Waals surface area contributed by atoms with E-state index in [4.69, 9.17) is 4.74 Å². The highest BCUT2D eigenvalue weighted by molar-refractivity contribution is 5.80. The van der Waals surface area contributed by atoms with Gasteiger partial charge in [-0.05, 0) is 31.6 Å². The number of aromatic amines is 1. The number of ether oxygens (including phenoxy) is 1. The van der Waals surface area contributed by atoms with Crippen LogP contribution in [-0.2, 0) is 20.7 Å². The number of methoxy groups -OCH3 is 1. The summed E-state index contributed by atoms with van der Waals surface area (Å²) in [6, 6.07) is 0. The van der Waals surface area contributed by atoms with Gasteiger partial charge in [-0.25, -0.2) is 4.98 Å². The summed E-state index contributed by atoms with van der Waals surface area (Å²) in [7, 11) is 1.57. The first kappa shape index (κ1) is 17.9. The average molecular weight is 348 g/mol. The van der Waals surface area contributed by atoms with Crippen molar-refractivity contribution in [2.24, 2.45) is 5.41 Å². The molecule has 1 N–H and O–H groups in total. The quantitative estimate of drug-likeness (QED) is 0.868. The van der Waals surface area contributed by atoms with Gasteiger partial charge in [0.1, 0.15) is 6.10 Å². The van der Waals surface area contributed by atoms with Crippen LogP contribution >= 0.6 is 0 Å². The number of H-pyrrole nitrogens is 1. The van der Waals surface area contributed by atoms with Gasteiger partial charge in [0.05, 0.1) is 6.33 Å². The molecule has 2 aliphatic heterocycles. The Hall–Kier alpha value is -1.89. The molecular weight excluding hydrogens is 320 g/mol. The van der Waals surface area contributed by atoms with Gasteiger partial charge >= 0.3 is 0 Å². The first-order valence-corrected chi connectivity index (χ1v) is 9.10. The lowest BCUT2D eigenvalue weighted by atomic mass is 9.72. The Balaban J connectivity index is 1.56. The number of rotatable bonds is 5. The van der Waals surface area contributed by atoms with E-state index in [2.05, 4.69) is 9.97 Å². The van der Waals surface area contributed by atoms with Crippen molar-refractivity contribution >= 4 is 11.8 Å². The minimum absolute atomic E-state index is 0.0698. The molecule has 7 nitrogen and oxygen atoms in total. The third kappa shape index (κ3) is 4.03. The van der Waals surface area contributed by atoms with Gasteiger partial charge in [-0.2, -0.15) is 0 Å². The predicted molar refractivity (Wildman–Crippen MR) is 92.8 cm³/mol. The number of hydrogen-bond donors (Lipinski definition) is 1. The van der Waals surface area contributed by atoms with Gasteiger partial charge in [-0.15, -0.1) is 0 Å². The maximum atomic E-state index is 12.3. The third-order valence-corrected chi connectivity index (χ3v) is 5.79. The summed E-state index contributed by atoms with van der Waals surface area (Å²) in [5, 5.41) is 0. The molecule has 3 rings (SSSR count). The molecule has 7 heteroatoms. The van der Waals surface area contributed by atoms with Crippen molar-refractivity contribution < 1.29 is 14.3 Å². The number of amides is 2. The molecule has 1 aromatic heterocycles. The fraction of sp³-hybridized carbons (Fsp3) is 0.722. The van der Waals surface area contributed by atoms with Gasteiger partial charge in [0.2, 0.25) is 5.91 Å². The fourth-order valence-electron chi connectivity index (χ4n) is 3.95. The second kappa shape index (κ2) is 7.56. The Kier molecular flexibility index (Phi) is 5.42. The maximum absolute atomic E-state index is 12.3. The van der Waals surface area contributed by atoms with Crippen LogP contribution in [0.15, 0.2) is 12.5 Å². The molecule has 2 fully saturated rings. The summed E-state index contributed by atoms with van der Waals surface area (Å²) in [5.74, 6) is 0.317. The Morgan fingerprint density at radius 3 is 2.80 bits per heavy atom. The summed E-state index contributed by atoms with van der Waals surface area (Å²) in [6.45, 7) is 4.85. The lowest BCUT2D eigenvalue weighted by molar-refractivity contribution is -0.147. The van der Waals surface area contributed by atoms with Crippen molar-refractivity contribution in [2.45, 2.75) is 45.1 Å². The Morgan fingerprint density at radius 1 is 1.40 bits per heavy atom. The number of piperidine rings is 2.